The average Bonchev–Trinajstić information content (AvgIpc) is 2.73. The molecule has 0 N–H and O–H groups in total. The van der Waals surface area contributed by atoms with Gasteiger partial charge in [-0.3, -0.25) is 9.59 Å². The molecule has 1 aliphatic rings. The lowest BCUT2D eigenvalue weighted by atomic mass is 10.2. The lowest BCUT2D eigenvalue weighted by Gasteiger charge is -2.20. The zero-order valence-electron chi connectivity index (χ0n) is 11.8. The maximum Gasteiger partial charge on any atom is 0.326 e. The molecule has 1 saturated heterocycles. The summed E-state index contributed by atoms with van der Waals surface area (Å²) in [7, 11) is 0. The first-order valence-electron chi connectivity index (χ1n) is 6.83. The summed E-state index contributed by atoms with van der Waals surface area (Å²) in [4.78, 5) is 29.2. The number of carbonyl (C=O) groups is 2. The van der Waals surface area contributed by atoms with E-state index in [9.17, 15) is 9.59 Å². The van der Waals surface area contributed by atoms with E-state index in [1.165, 1.54) is 0 Å². The van der Waals surface area contributed by atoms with Gasteiger partial charge < -0.3 is 14.2 Å². The highest BCUT2D eigenvalue weighted by Crippen LogP contribution is 2.16. The summed E-state index contributed by atoms with van der Waals surface area (Å²) in [5, 5.41) is 3.64. The summed E-state index contributed by atoms with van der Waals surface area (Å²) in [5.74, 6) is 0.313. The number of nitrogens with zero attached hydrogens (tertiary/aromatic N) is 3. The fourth-order valence-electron chi connectivity index (χ4n) is 2.12. The zero-order valence-corrected chi connectivity index (χ0v) is 11.8. The average molecular weight is 281 g/mol. The van der Waals surface area contributed by atoms with E-state index >= 15 is 0 Å². The van der Waals surface area contributed by atoms with E-state index in [4.69, 9.17) is 9.26 Å². The quantitative estimate of drug-likeness (QED) is 0.775. The van der Waals surface area contributed by atoms with Crippen LogP contribution >= 0.6 is 0 Å². The molecule has 1 aromatic rings. The van der Waals surface area contributed by atoms with Crippen molar-refractivity contribution in [2.75, 3.05) is 13.1 Å². The van der Waals surface area contributed by atoms with E-state index < -0.39 is 12.1 Å². The van der Waals surface area contributed by atoms with E-state index in [0.29, 0.717) is 18.8 Å². The van der Waals surface area contributed by atoms with E-state index in [2.05, 4.69) is 10.1 Å². The summed E-state index contributed by atoms with van der Waals surface area (Å²) >= 11 is 0. The van der Waals surface area contributed by atoms with Crippen molar-refractivity contribution in [1.29, 1.82) is 0 Å². The van der Waals surface area contributed by atoms with Crippen LogP contribution < -0.4 is 0 Å². The van der Waals surface area contributed by atoms with Crippen LogP contribution in [0.5, 0.6) is 0 Å². The van der Waals surface area contributed by atoms with E-state index in [1.807, 2.05) is 0 Å². The topological polar surface area (TPSA) is 85.5 Å². The van der Waals surface area contributed by atoms with Crippen LogP contribution in [0.1, 0.15) is 50.4 Å². The molecular weight excluding hydrogens is 262 g/mol. The fourth-order valence-corrected chi connectivity index (χ4v) is 2.12. The molecular formula is C13H19N3O4. The normalized spacial score (nSPS) is 17.7. The van der Waals surface area contributed by atoms with E-state index in [0.717, 1.165) is 19.3 Å². The van der Waals surface area contributed by atoms with Gasteiger partial charge in [0.2, 0.25) is 5.91 Å². The summed E-state index contributed by atoms with van der Waals surface area (Å²) in [6.07, 6.45) is 2.74. The number of hydrogen-bond donors (Lipinski definition) is 0. The van der Waals surface area contributed by atoms with Gasteiger partial charge in [-0.2, -0.15) is 4.98 Å². The molecule has 0 aliphatic carbocycles. The van der Waals surface area contributed by atoms with Crippen molar-refractivity contribution >= 4 is 11.9 Å². The molecule has 0 spiro atoms. The van der Waals surface area contributed by atoms with Crippen LogP contribution in [0.25, 0.3) is 0 Å². The first-order valence-corrected chi connectivity index (χ1v) is 6.83. The minimum absolute atomic E-state index is 0.0146. The Bertz CT molecular complexity index is 486. The Kier molecular flexibility index (Phi) is 4.70. The van der Waals surface area contributed by atoms with Crippen molar-refractivity contribution in [3.05, 3.63) is 11.7 Å². The van der Waals surface area contributed by atoms with Crippen LogP contribution in [0.4, 0.5) is 0 Å². The Morgan fingerprint density at radius 1 is 1.45 bits per heavy atom. The van der Waals surface area contributed by atoms with Crippen LogP contribution in [-0.4, -0.2) is 40.0 Å². The van der Waals surface area contributed by atoms with Crippen molar-refractivity contribution in [3.8, 4) is 0 Å². The van der Waals surface area contributed by atoms with Crippen molar-refractivity contribution in [3.63, 3.8) is 0 Å². The van der Waals surface area contributed by atoms with Gasteiger partial charge in [0.1, 0.15) is 6.54 Å². The van der Waals surface area contributed by atoms with Gasteiger partial charge in [-0.1, -0.05) is 11.6 Å². The van der Waals surface area contributed by atoms with E-state index in [1.54, 1.807) is 18.7 Å². The largest absolute Gasteiger partial charge is 0.451 e. The molecule has 0 bridgehead atoms. The molecule has 1 amide bonds. The molecule has 2 rings (SSSR count). The Balaban J connectivity index is 1.86. The number of aryl methyl sites for hydroxylation is 1. The van der Waals surface area contributed by atoms with Crippen LogP contribution in [0, 0.1) is 6.92 Å². The first-order chi connectivity index (χ1) is 9.56. The number of carbonyl (C=O) groups excluding carboxylic acids is 2. The zero-order chi connectivity index (χ0) is 14.5. The number of amides is 1. The Morgan fingerprint density at radius 3 is 2.95 bits per heavy atom. The Hall–Kier alpha value is -1.92. The van der Waals surface area contributed by atoms with Crippen LogP contribution in [-0.2, 0) is 14.3 Å². The molecule has 1 atom stereocenters. The Labute approximate surface area is 117 Å². The number of hydrogen-bond acceptors (Lipinski definition) is 6. The smallest absolute Gasteiger partial charge is 0.326 e. The lowest BCUT2D eigenvalue weighted by Crippen LogP contribution is -2.36. The monoisotopic (exact) mass is 281 g/mol. The minimum atomic E-state index is -0.606. The molecule has 7 nitrogen and oxygen atoms in total. The number of rotatable bonds is 4. The molecule has 1 fully saturated rings. The fraction of sp³-hybridized carbons (Fsp3) is 0.692. The highest BCUT2D eigenvalue weighted by Gasteiger charge is 2.23. The second-order valence-electron chi connectivity index (χ2n) is 4.94. The molecule has 7 heteroatoms. The van der Waals surface area contributed by atoms with Crippen LogP contribution in [0.2, 0.25) is 0 Å². The molecule has 20 heavy (non-hydrogen) atoms. The third-order valence-electron chi connectivity index (χ3n) is 3.19. The second kappa shape index (κ2) is 6.49. The van der Waals surface area contributed by atoms with Gasteiger partial charge in [0.05, 0.1) is 0 Å². The number of ether oxygens (including phenoxy) is 1. The lowest BCUT2D eigenvalue weighted by molar-refractivity contribution is -0.154. The highest BCUT2D eigenvalue weighted by molar-refractivity contribution is 5.82. The second-order valence-corrected chi connectivity index (χ2v) is 4.94. The molecule has 1 unspecified atom stereocenters. The first kappa shape index (κ1) is 14.5. The van der Waals surface area contributed by atoms with E-state index in [-0.39, 0.29) is 18.3 Å². The van der Waals surface area contributed by atoms with Crippen LogP contribution in [0.15, 0.2) is 4.52 Å². The minimum Gasteiger partial charge on any atom is -0.451 e. The number of esters is 1. The Morgan fingerprint density at radius 2 is 2.25 bits per heavy atom. The predicted molar refractivity (Wildman–Crippen MR) is 68.6 cm³/mol. The SMILES string of the molecule is Cc1noc(C(C)OC(=O)CN2CCCCCC2=O)n1. The third-order valence-corrected chi connectivity index (χ3v) is 3.19. The highest BCUT2D eigenvalue weighted by atomic mass is 16.6. The van der Waals surface area contributed by atoms with Crippen molar-refractivity contribution in [1.82, 2.24) is 15.0 Å². The standard InChI is InChI=1S/C13H19N3O4/c1-9(13-14-10(2)15-20-13)19-12(18)8-16-7-5-3-4-6-11(16)17/h9H,3-8H2,1-2H3. The summed E-state index contributed by atoms with van der Waals surface area (Å²) < 4.78 is 10.2. The van der Waals surface area contributed by atoms with Crippen molar-refractivity contribution < 1.29 is 18.8 Å². The molecule has 0 aromatic carbocycles. The molecule has 1 aliphatic heterocycles. The molecule has 2 heterocycles. The van der Waals surface area contributed by atoms with Gasteiger partial charge in [0.15, 0.2) is 11.9 Å². The van der Waals surface area contributed by atoms with Gasteiger partial charge in [0.25, 0.3) is 5.89 Å². The van der Waals surface area contributed by atoms with Crippen molar-refractivity contribution in [2.24, 2.45) is 0 Å². The molecule has 0 radical (unpaired) electrons. The van der Waals surface area contributed by atoms with Gasteiger partial charge in [0, 0.05) is 13.0 Å². The van der Waals surface area contributed by atoms with Crippen molar-refractivity contribution in [2.45, 2.75) is 45.6 Å². The van der Waals surface area contributed by atoms with Gasteiger partial charge in [-0.05, 0) is 26.7 Å². The number of likely N-dealkylation sites (tertiary alicyclic amines) is 1. The van der Waals surface area contributed by atoms with Gasteiger partial charge in [-0.15, -0.1) is 0 Å². The summed E-state index contributed by atoms with van der Waals surface area (Å²) in [6.45, 7) is 3.95. The third kappa shape index (κ3) is 3.79. The van der Waals surface area contributed by atoms with Gasteiger partial charge in [-0.25, -0.2) is 0 Å². The maximum atomic E-state index is 11.9. The molecule has 1 aromatic heterocycles. The maximum absolute atomic E-state index is 11.9. The van der Waals surface area contributed by atoms with Crippen LogP contribution in [0.3, 0.4) is 0 Å². The number of aromatic nitrogens is 2. The molecule has 0 saturated carbocycles. The summed E-state index contributed by atoms with van der Waals surface area (Å²) in [6, 6.07) is 0. The predicted octanol–water partition coefficient (Wildman–Crippen LogP) is 1.38. The van der Waals surface area contributed by atoms with Gasteiger partial charge >= 0.3 is 5.97 Å². The summed E-state index contributed by atoms with van der Waals surface area (Å²) in [5.41, 5.74) is 0. The molecule has 110 valence electrons.